The van der Waals surface area contributed by atoms with Crippen LogP contribution in [0.4, 0.5) is 74.6 Å². The first-order valence-electron chi connectivity index (χ1n) is 9.28. The third-order valence-corrected chi connectivity index (χ3v) is 4.82. The molecule has 38 heavy (non-hydrogen) atoms. The number of carbonyl (C=O) groups excluding carboxylic acids is 1. The predicted octanol–water partition coefficient (Wildman–Crippen LogP) is 7.89. The van der Waals surface area contributed by atoms with Gasteiger partial charge < -0.3 is 4.74 Å². The molecule has 0 aliphatic rings. The van der Waals surface area contributed by atoms with Crippen molar-refractivity contribution in [3.8, 4) is 0 Å². The summed E-state index contributed by atoms with van der Waals surface area (Å²) in [5.41, 5.74) is -0.0683. The van der Waals surface area contributed by atoms with Crippen LogP contribution in [-0.2, 0) is 4.74 Å². The van der Waals surface area contributed by atoms with E-state index < -0.39 is 72.2 Å². The van der Waals surface area contributed by atoms with E-state index >= 15 is 0 Å². The van der Waals surface area contributed by atoms with E-state index in [-0.39, 0.29) is 0 Å². The number of hydrogen-bond donors (Lipinski definition) is 0. The van der Waals surface area contributed by atoms with Crippen molar-refractivity contribution in [2.45, 2.75) is 54.1 Å². The van der Waals surface area contributed by atoms with Gasteiger partial charge >= 0.3 is 53.6 Å². The van der Waals surface area contributed by atoms with Crippen LogP contribution < -0.4 is 0 Å². The highest BCUT2D eigenvalue weighted by atomic mass is 19.4. The molecule has 1 rings (SSSR count). The van der Waals surface area contributed by atoms with Crippen LogP contribution >= 0.6 is 0 Å². The molecule has 0 aromatic heterocycles. The molecule has 0 atom stereocenters. The molecule has 0 aliphatic heterocycles. The second-order valence-corrected chi connectivity index (χ2v) is 7.36. The van der Waals surface area contributed by atoms with Gasteiger partial charge in [-0.3, -0.25) is 0 Å². The summed E-state index contributed by atoms with van der Waals surface area (Å²) in [7, 11) is 0. The number of carbonyl (C=O) groups is 1. The molecule has 0 heterocycles. The number of hydrogen-bond acceptors (Lipinski definition) is 2. The molecule has 0 saturated heterocycles. The first-order valence-corrected chi connectivity index (χ1v) is 9.28. The molecule has 0 radical (unpaired) electrons. The standard InChI is InChI=1S/C19H11F17O2/c1-2-9-3-5-10(6-4-9)11(37)38-8-7-12(20,21)13(22,23)14(24,25)15(26,27)16(28,29)17(30,31)18(32,33)19(34,35)36/h2-6H,1,7-8H2. The lowest BCUT2D eigenvalue weighted by atomic mass is 9.88. The molecule has 0 aliphatic carbocycles. The molecule has 2 nitrogen and oxygen atoms in total. The maximum atomic E-state index is 13.8. The van der Waals surface area contributed by atoms with Crippen molar-refractivity contribution in [2.24, 2.45) is 0 Å². The lowest BCUT2D eigenvalue weighted by molar-refractivity contribution is -0.461. The van der Waals surface area contributed by atoms with E-state index in [0.717, 1.165) is 12.1 Å². The number of esters is 1. The second-order valence-electron chi connectivity index (χ2n) is 7.36. The number of benzene rings is 1. The minimum Gasteiger partial charge on any atom is -0.462 e. The monoisotopic (exact) mass is 594 g/mol. The minimum atomic E-state index is -8.69. The Morgan fingerprint density at radius 3 is 1.37 bits per heavy atom. The van der Waals surface area contributed by atoms with Crippen LogP contribution in [0.3, 0.4) is 0 Å². The topological polar surface area (TPSA) is 26.3 Å². The highest BCUT2D eigenvalue weighted by molar-refractivity contribution is 5.89. The van der Waals surface area contributed by atoms with Crippen LogP contribution in [0.2, 0.25) is 0 Å². The number of rotatable bonds is 11. The van der Waals surface area contributed by atoms with Gasteiger partial charge in [0, 0.05) is 0 Å². The van der Waals surface area contributed by atoms with E-state index in [9.17, 15) is 79.4 Å². The van der Waals surface area contributed by atoms with Crippen molar-refractivity contribution in [1.82, 2.24) is 0 Å². The van der Waals surface area contributed by atoms with Crippen molar-refractivity contribution in [1.29, 1.82) is 0 Å². The first-order chi connectivity index (χ1) is 16.7. The molecule has 0 N–H and O–H groups in total. The smallest absolute Gasteiger partial charge is 0.460 e. The van der Waals surface area contributed by atoms with Crippen LogP contribution in [0.15, 0.2) is 30.8 Å². The summed E-state index contributed by atoms with van der Waals surface area (Å²) < 4.78 is 228. The zero-order valence-corrected chi connectivity index (χ0v) is 17.7. The summed E-state index contributed by atoms with van der Waals surface area (Å²) in [5, 5.41) is 0. The Morgan fingerprint density at radius 2 is 1.00 bits per heavy atom. The van der Waals surface area contributed by atoms with E-state index in [1.165, 1.54) is 18.2 Å². The molecule has 218 valence electrons. The van der Waals surface area contributed by atoms with E-state index in [2.05, 4.69) is 11.3 Å². The molecule has 1 aromatic rings. The van der Waals surface area contributed by atoms with Gasteiger partial charge in [0.25, 0.3) is 0 Å². The van der Waals surface area contributed by atoms with E-state index in [1.54, 1.807) is 0 Å². The van der Waals surface area contributed by atoms with Crippen molar-refractivity contribution in [3.63, 3.8) is 0 Å². The van der Waals surface area contributed by atoms with Gasteiger partial charge in [-0.2, -0.15) is 74.6 Å². The Morgan fingerprint density at radius 1 is 0.632 bits per heavy atom. The van der Waals surface area contributed by atoms with Crippen LogP contribution in [0.1, 0.15) is 22.3 Å². The fourth-order valence-corrected chi connectivity index (χ4v) is 2.46. The fourth-order valence-electron chi connectivity index (χ4n) is 2.46. The number of halogens is 17. The summed E-state index contributed by atoms with van der Waals surface area (Å²) in [5.74, 6) is -58.5. The molecule has 0 amide bonds. The van der Waals surface area contributed by atoms with Gasteiger partial charge in [0.05, 0.1) is 18.6 Å². The molecule has 0 bridgehead atoms. The van der Waals surface area contributed by atoms with E-state index in [0.29, 0.717) is 5.56 Å². The molecular formula is C19H11F17O2. The van der Waals surface area contributed by atoms with Crippen molar-refractivity contribution >= 4 is 12.0 Å². The fraction of sp³-hybridized carbons (Fsp3) is 0.526. The normalized spacial score (nSPS) is 14.9. The Hall–Kier alpha value is -2.76. The summed E-state index contributed by atoms with van der Waals surface area (Å²) in [4.78, 5) is 11.7. The predicted molar refractivity (Wildman–Crippen MR) is 92.1 cm³/mol. The minimum absolute atomic E-state index is 0.395. The van der Waals surface area contributed by atoms with E-state index in [4.69, 9.17) is 0 Å². The van der Waals surface area contributed by atoms with Crippen LogP contribution in [0.5, 0.6) is 0 Å². The number of alkyl halides is 17. The summed E-state index contributed by atoms with van der Waals surface area (Å²) in [6.07, 6.45) is -9.41. The van der Waals surface area contributed by atoms with Gasteiger partial charge in [-0.1, -0.05) is 24.8 Å². The Balaban J connectivity index is 3.27. The van der Waals surface area contributed by atoms with Crippen LogP contribution in [-0.4, -0.2) is 60.2 Å². The Kier molecular flexibility index (Phi) is 8.55. The number of ether oxygens (including phenoxy) is 1. The van der Waals surface area contributed by atoms with Crippen molar-refractivity contribution in [3.05, 3.63) is 42.0 Å². The molecule has 0 saturated carbocycles. The molecule has 0 fully saturated rings. The summed E-state index contributed by atoms with van der Waals surface area (Å²) >= 11 is 0. The lowest BCUT2D eigenvalue weighted by Gasteiger charge is -2.42. The summed E-state index contributed by atoms with van der Waals surface area (Å²) in [6.45, 7) is 1.32. The maximum Gasteiger partial charge on any atom is 0.460 e. The highest BCUT2D eigenvalue weighted by Gasteiger charge is 2.95. The third kappa shape index (κ3) is 4.99. The van der Waals surface area contributed by atoms with Crippen molar-refractivity contribution in [2.75, 3.05) is 6.61 Å². The van der Waals surface area contributed by atoms with Crippen LogP contribution in [0.25, 0.3) is 6.08 Å². The Labute approximate surface area is 200 Å². The zero-order chi connectivity index (χ0) is 30.4. The van der Waals surface area contributed by atoms with E-state index in [1.807, 2.05) is 0 Å². The lowest BCUT2D eigenvalue weighted by Crippen LogP contribution is -2.74. The molecular weight excluding hydrogens is 583 g/mol. The van der Waals surface area contributed by atoms with Gasteiger partial charge in [0.15, 0.2) is 0 Å². The van der Waals surface area contributed by atoms with Gasteiger partial charge in [0.2, 0.25) is 0 Å². The molecule has 1 aromatic carbocycles. The molecule has 19 heteroatoms. The quantitative estimate of drug-likeness (QED) is 0.193. The Bertz CT molecular complexity index is 1010. The molecule has 0 unspecified atom stereocenters. The average molecular weight is 594 g/mol. The SMILES string of the molecule is C=Cc1ccc(C(=O)OCCC(F)(F)C(F)(F)C(F)(F)C(F)(F)C(F)(F)C(F)(F)C(F)(F)C(F)(F)F)cc1. The zero-order valence-electron chi connectivity index (χ0n) is 17.7. The second kappa shape index (κ2) is 9.77. The summed E-state index contributed by atoms with van der Waals surface area (Å²) in [6, 6.07) is 4.29. The average Bonchev–Trinajstić information content (AvgIpc) is 2.77. The largest absolute Gasteiger partial charge is 0.462 e. The maximum absolute atomic E-state index is 13.8. The highest BCUT2D eigenvalue weighted by Crippen LogP contribution is 2.64. The van der Waals surface area contributed by atoms with Gasteiger partial charge in [-0.25, -0.2) is 4.79 Å². The molecule has 0 spiro atoms. The van der Waals surface area contributed by atoms with Gasteiger partial charge in [0.1, 0.15) is 0 Å². The van der Waals surface area contributed by atoms with Crippen molar-refractivity contribution < 1.29 is 84.2 Å². The van der Waals surface area contributed by atoms with Gasteiger partial charge in [-0.05, 0) is 17.7 Å². The third-order valence-electron chi connectivity index (χ3n) is 4.82. The first kappa shape index (κ1) is 33.3. The van der Waals surface area contributed by atoms with Crippen LogP contribution in [0, 0.1) is 0 Å². The van der Waals surface area contributed by atoms with Gasteiger partial charge in [-0.15, -0.1) is 0 Å².